The van der Waals surface area contributed by atoms with Gasteiger partial charge in [-0.05, 0) is 25.0 Å². The van der Waals surface area contributed by atoms with Crippen LogP contribution in [0.5, 0.6) is 0 Å². The molecule has 1 fully saturated rings. The number of carbonyl (C=O) groups is 1. The molecule has 3 N–H and O–H groups in total. The zero-order valence-corrected chi connectivity index (χ0v) is 16.7. The number of nitrogens with two attached hydrogens (primary N) is 1. The van der Waals surface area contributed by atoms with Crippen LogP contribution in [0, 0.1) is 0 Å². The van der Waals surface area contributed by atoms with Crippen molar-refractivity contribution in [2.45, 2.75) is 18.9 Å². The molecule has 1 aliphatic rings. The number of likely N-dealkylation sites (tertiary alicyclic amines) is 1. The van der Waals surface area contributed by atoms with Crippen LogP contribution in [0.4, 0.5) is 10.7 Å². The van der Waals surface area contributed by atoms with Crippen molar-refractivity contribution in [2.75, 3.05) is 18.4 Å². The SMILES string of the molecule is Cn1c(=O)c(-c2ccccc2Cl)cc2cnc(NC3CCN(C(N)=O)CC3)nc21. The van der Waals surface area contributed by atoms with Gasteiger partial charge in [0, 0.05) is 53.9 Å². The van der Waals surface area contributed by atoms with E-state index in [0.717, 1.165) is 18.2 Å². The average molecular weight is 413 g/mol. The van der Waals surface area contributed by atoms with Gasteiger partial charge in [-0.25, -0.2) is 9.78 Å². The van der Waals surface area contributed by atoms with Crippen molar-refractivity contribution in [3.05, 3.63) is 51.9 Å². The molecular formula is C20H21ClN6O2. The highest BCUT2D eigenvalue weighted by atomic mass is 35.5. The quantitative estimate of drug-likeness (QED) is 0.687. The minimum absolute atomic E-state index is 0.141. The maximum absolute atomic E-state index is 12.9. The topological polar surface area (TPSA) is 106 Å². The highest BCUT2D eigenvalue weighted by Crippen LogP contribution is 2.27. The molecule has 0 unspecified atom stereocenters. The van der Waals surface area contributed by atoms with Gasteiger partial charge in [-0.2, -0.15) is 4.98 Å². The van der Waals surface area contributed by atoms with Crippen molar-refractivity contribution in [3.8, 4) is 11.1 Å². The molecule has 1 aromatic carbocycles. The fourth-order valence-corrected chi connectivity index (χ4v) is 3.85. The molecule has 0 atom stereocenters. The Balaban J connectivity index is 1.63. The number of benzene rings is 1. The largest absolute Gasteiger partial charge is 0.351 e. The molecule has 1 aliphatic heterocycles. The lowest BCUT2D eigenvalue weighted by atomic mass is 10.1. The van der Waals surface area contributed by atoms with E-state index in [9.17, 15) is 9.59 Å². The minimum atomic E-state index is -0.394. The normalized spacial score (nSPS) is 14.9. The van der Waals surface area contributed by atoms with Gasteiger partial charge in [-0.15, -0.1) is 0 Å². The molecule has 9 heteroatoms. The van der Waals surface area contributed by atoms with Gasteiger partial charge in [0.1, 0.15) is 5.65 Å². The van der Waals surface area contributed by atoms with Crippen molar-refractivity contribution in [3.63, 3.8) is 0 Å². The number of nitrogens with one attached hydrogen (secondary N) is 1. The summed E-state index contributed by atoms with van der Waals surface area (Å²) in [6.45, 7) is 1.19. The van der Waals surface area contributed by atoms with E-state index in [1.54, 1.807) is 30.3 Å². The van der Waals surface area contributed by atoms with Crippen LogP contribution in [-0.2, 0) is 7.05 Å². The lowest BCUT2D eigenvalue weighted by molar-refractivity contribution is 0.193. The third-order valence-corrected chi connectivity index (χ3v) is 5.58. The molecular weight excluding hydrogens is 392 g/mol. The number of hydrogen-bond donors (Lipinski definition) is 2. The zero-order valence-electron chi connectivity index (χ0n) is 15.9. The number of hydrogen-bond acceptors (Lipinski definition) is 5. The van der Waals surface area contributed by atoms with Crippen molar-refractivity contribution < 1.29 is 4.79 Å². The lowest BCUT2D eigenvalue weighted by Crippen LogP contribution is -2.44. The summed E-state index contributed by atoms with van der Waals surface area (Å²) in [4.78, 5) is 34.7. The number of aryl methyl sites for hydroxylation is 1. The maximum Gasteiger partial charge on any atom is 0.314 e. The number of rotatable bonds is 3. The molecule has 3 aromatic rings. The van der Waals surface area contributed by atoms with Gasteiger partial charge >= 0.3 is 6.03 Å². The summed E-state index contributed by atoms with van der Waals surface area (Å²) in [5.74, 6) is 0.454. The number of pyridine rings is 1. The first-order valence-electron chi connectivity index (χ1n) is 9.36. The Hall–Kier alpha value is -3.13. The Morgan fingerprint density at radius 3 is 2.66 bits per heavy atom. The van der Waals surface area contributed by atoms with E-state index in [1.807, 2.05) is 18.2 Å². The summed E-state index contributed by atoms with van der Waals surface area (Å²) in [7, 11) is 1.69. The monoisotopic (exact) mass is 412 g/mol. The van der Waals surface area contributed by atoms with Crippen LogP contribution in [0.3, 0.4) is 0 Å². The summed E-state index contributed by atoms with van der Waals surface area (Å²) in [6, 6.07) is 8.77. The van der Waals surface area contributed by atoms with Gasteiger partial charge in [0.05, 0.1) is 0 Å². The Morgan fingerprint density at radius 2 is 1.97 bits per heavy atom. The van der Waals surface area contributed by atoms with Gasteiger partial charge < -0.3 is 16.0 Å². The molecule has 0 saturated carbocycles. The van der Waals surface area contributed by atoms with Gasteiger partial charge in [0.15, 0.2) is 0 Å². The second-order valence-corrected chi connectivity index (χ2v) is 7.53. The number of aromatic nitrogens is 3. The predicted molar refractivity (Wildman–Crippen MR) is 113 cm³/mol. The van der Waals surface area contributed by atoms with E-state index in [4.69, 9.17) is 17.3 Å². The second-order valence-electron chi connectivity index (χ2n) is 7.12. The molecule has 2 amide bonds. The second kappa shape index (κ2) is 7.71. The number of amides is 2. The third kappa shape index (κ3) is 3.75. The predicted octanol–water partition coefficient (Wildman–Crippen LogP) is 2.60. The molecule has 150 valence electrons. The van der Waals surface area contributed by atoms with Gasteiger partial charge in [-0.3, -0.25) is 9.36 Å². The number of carbonyl (C=O) groups excluding carboxylic acids is 1. The lowest BCUT2D eigenvalue weighted by Gasteiger charge is -2.31. The van der Waals surface area contributed by atoms with E-state index < -0.39 is 6.03 Å². The van der Waals surface area contributed by atoms with Crippen LogP contribution in [0.15, 0.2) is 41.3 Å². The summed E-state index contributed by atoms with van der Waals surface area (Å²) in [5, 5.41) is 4.56. The van der Waals surface area contributed by atoms with Crippen LogP contribution < -0.4 is 16.6 Å². The first-order valence-corrected chi connectivity index (χ1v) is 9.74. The van der Waals surface area contributed by atoms with E-state index >= 15 is 0 Å². The maximum atomic E-state index is 12.9. The first kappa shape index (κ1) is 19.2. The summed E-state index contributed by atoms with van der Waals surface area (Å²) < 4.78 is 1.51. The first-order chi connectivity index (χ1) is 13.9. The van der Waals surface area contributed by atoms with Gasteiger partial charge in [0.25, 0.3) is 5.56 Å². The molecule has 8 nitrogen and oxygen atoms in total. The number of nitrogens with zero attached hydrogens (tertiary/aromatic N) is 4. The fourth-order valence-electron chi connectivity index (χ4n) is 3.62. The van der Waals surface area contributed by atoms with Gasteiger partial charge in [0.2, 0.25) is 5.95 Å². The molecule has 0 radical (unpaired) electrons. The number of primary amides is 1. The Morgan fingerprint density at radius 1 is 1.24 bits per heavy atom. The van der Waals surface area contributed by atoms with Crippen molar-refractivity contribution in [1.29, 1.82) is 0 Å². The zero-order chi connectivity index (χ0) is 20.5. The molecule has 2 aromatic heterocycles. The van der Waals surface area contributed by atoms with E-state index in [1.165, 1.54) is 4.57 Å². The molecule has 0 spiro atoms. The smallest absolute Gasteiger partial charge is 0.314 e. The molecule has 1 saturated heterocycles. The number of halogens is 1. The highest BCUT2D eigenvalue weighted by Gasteiger charge is 2.22. The average Bonchev–Trinajstić information content (AvgIpc) is 2.72. The number of urea groups is 1. The Kier molecular flexibility index (Phi) is 5.10. The number of piperidine rings is 1. The molecule has 29 heavy (non-hydrogen) atoms. The van der Waals surface area contributed by atoms with Crippen LogP contribution in [-0.4, -0.2) is 44.6 Å². The Labute approximate surface area is 172 Å². The van der Waals surface area contributed by atoms with Crippen LogP contribution >= 0.6 is 11.6 Å². The van der Waals surface area contributed by atoms with Crippen LogP contribution in [0.2, 0.25) is 5.02 Å². The third-order valence-electron chi connectivity index (χ3n) is 5.25. The molecule has 0 bridgehead atoms. The van der Waals surface area contributed by atoms with Gasteiger partial charge in [-0.1, -0.05) is 29.8 Å². The van der Waals surface area contributed by atoms with Crippen LogP contribution in [0.25, 0.3) is 22.2 Å². The Bertz CT molecular complexity index is 1140. The molecule has 0 aliphatic carbocycles. The van der Waals surface area contributed by atoms with Crippen molar-refractivity contribution in [2.24, 2.45) is 12.8 Å². The highest BCUT2D eigenvalue weighted by molar-refractivity contribution is 6.33. The standard InChI is InChI=1S/C20H21ClN6O2/c1-26-17-12(10-15(18(26)28)14-4-2-3-5-16(14)21)11-23-20(25-17)24-13-6-8-27(9-7-13)19(22)29/h2-5,10-11,13H,6-9H2,1H3,(H2,22,29)(H,23,24,25). The fraction of sp³-hybridized carbons (Fsp3) is 0.300. The van der Waals surface area contributed by atoms with Crippen molar-refractivity contribution >= 4 is 34.6 Å². The van der Waals surface area contributed by atoms with Crippen molar-refractivity contribution in [1.82, 2.24) is 19.4 Å². The van der Waals surface area contributed by atoms with E-state index in [2.05, 4.69) is 15.3 Å². The van der Waals surface area contributed by atoms with E-state index in [-0.39, 0.29) is 11.6 Å². The minimum Gasteiger partial charge on any atom is -0.351 e. The summed E-state index contributed by atoms with van der Waals surface area (Å²) >= 11 is 6.28. The summed E-state index contributed by atoms with van der Waals surface area (Å²) in [6.07, 6.45) is 3.21. The number of anilines is 1. The number of fused-ring (bicyclic) bond motifs is 1. The van der Waals surface area contributed by atoms with Crippen LogP contribution in [0.1, 0.15) is 12.8 Å². The summed E-state index contributed by atoms with van der Waals surface area (Å²) in [5.41, 5.74) is 6.88. The molecule has 4 rings (SSSR count). The molecule has 3 heterocycles. The van der Waals surface area contributed by atoms with E-state index in [0.29, 0.717) is 40.8 Å².